The Hall–Kier alpha value is -1.11. The molecule has 4 heteroatoms. The Morgan fingerprint density at radius 3 is 2.38 bits per heavy atom. The standard InChI is InChI=1S/C9H7ClFNO/c10-7-3-1-6(2-4-7)9(13)8(11)5-12/h1-4,8-9,13H/t8-,9+/m1/s1. The number of nitrogens with zero attached hydrogens (tertiary/aromatic N) is 1. The zero-order chi connectivity index (χ0) is 9.84. The van der Waals surface area contributed by atoms with Crippen molar-refractivity contribution in [1.82, 2.24) is 0 Å². The topological polar surface area (TPSA) is 44.0 Å². The Balaban J connectivity index is 2.84. The molecule has 0 saturated heterocycles. The first-order valence-electron chi connectivity index (χ1n) is 3.62. The Kier molecular flexibility index (Phi) is 3.24. The molecule has 2 nitrogen and oxygen atoms in total. The molecule has 0 heterocycles. The van der Waals surface area contributed by atoms with Gasteiger partial charge in [0.2, 0.25) is 6.17 Å². The number of aliphatic hydroxyl groups is 1. The third-order valence-corrected chi connectivity index (χ3v) is 1.86. The van der Waals surface area contributed by atoms with E-state index in [1.54, 1.807) is 0 Å². The van der Waals surface area contributed by atoms with Crippen LogP contribution in [0, 0.1) is 11.3 Å². The minimum atomic E-state index is -1.90. The minimum Gasteiger partial charge on any atom is -0.384 e. The van der Waals surface area contributed by atoms with E-state index in [0.29, 0.717) is 10.6 Å². The molecule has 0 unspecified atom stereocenters. The molecule has 0 aliphatic heterocycles. The monoisotopic (exact) mass is 199 g/mol. The van der Waals surface area contributed by atoms with Crippen molar-refractivity contribution in [1.29, 1.82) is 5.26 Å². The number of benzene rings is 1. The van der Waals surface area contributed by atoms with Gasteiger partial charge in [-0.15, -0.1) is 0 Å². The summed E-state index contributed by atoms with van der Waals surface area (Å²) in [5.41, 5.74) is 0.346. The van der Waals surface area contributed by atoms with E-state index in [0.717, 1.165) is 0 Å². The lowest BCUT2D eigenvalue weighted by molar-refractivity contribution is 0.107. The van der Waals surface area contributed by atoms with E-state index in [1.807, 2.05) is 0 Å². The van der Waals surface area contributed by atoms with Crippen molar-refractivity contribution in [3.05, 3.63) is 34.9 Å². The average Bonchev–Trinajstić information content (AvgIpc) is 2.17. The smallest absolute Gasteiger partial charge is 0.215 e. The lowest BCUT2D eigenvalue weighted by Crippen LogP contribution is -2.10. The van der Waals surface area contributed by atoms with Crippen LogP contribution in [0.3, 0.4) is 0 Å². The number of hydrogen-bond acceptors (Lipinski definition) is 2. The molecule has 0 aromatic heterocycles. The lowest BCUT2D eigenvalue weighted by atomic mass is 10.1. The van der Waals surface area contributed by atoms with E-state index in [2.05, 4.69) is 0 Å². The quantitative estimate of drug-likeness (QED) is 0.794. The first-order valence-corrected chi connectivity index (χ1v) is 4.00. The molecule has 0 amide bonds. The van der Waals surface area contributed by atoms with E-state index in [9.17, 15) is 9.50 Å². The first kappa shape index (κ1) is 9.97. The third kappa shape index (κ3) is 2.41. The maximum atomic E-state index is 12.7. The van der Waals surface area contributed by atoms with E-state index in [4.69, 9.17) is 16.9 Å². The fourth-order valence-electron chi connectivity index (χ4n) is 0.900. The Bertz CT molecular complexity index is 319. The van der Waals surface area contributed by atoms with Crippen LogP contribution in [0.1, 0.15) is 11.7 Å². The number of halogens is 2. The van der Waals surface area contributed by atoms with Crippen molar-refractivity contribution >= 4 is 11.6 Å². The summed E-state index contributed by atoms with van der Waals surface area (Å²) < 4.78 is 12.7. The van der Waals surface area contributed by atoms with Crippen molar-refractivity contribution in [3.8, 4) is 6.07 Å². The summed E-state index contributed by atoms with van der Waals surface area (Å²) in [5, 5.41) is 18.0. The molecule has 0 bridgehead atoms. The molecule has 2 atom stereocenters. The second kappa shape index (κ2) is 4.22. The highest BCUT2D eigenvalue weighted by molar-refractivity contribution is 6.30. The van der Waals surface area contributed by atoms with Gasteiger partial charge in [0.25, 0.3) is 0 Å². The summed E-state index contributed by atoms with van der Waals surface area (Å²) in [6, 6.07) is 7.36. The van der Waals surface area contributed by atoms with Crippen LogP contribution in [0.2, 0.25) is 5.02 Å². The van der Waals surface area contributed by atoms with Gasteiger partial charge in [-0.1, -0.05) is 23.7 Å². The summed E-state index contributed by atoms with van der Waals surface area (Å²) in [6.07, 6.45) is -3.30. The molecule has 0 saturated carbocycles. The molecule has 1 N–H and O–H groups in total. The molecule has 13 heavy (non-hydrogen) atoms. The zero-order valence-electron chi connectivity index (χ0n) is 6.61. The highest BCUT2D eigenvalue weighted by Crippen LogP contribution is 2.20. The fraction of sp³-hybridized carbons (Fsp3) is 0.222. The molecule has 0 aliphatic carbocycles. The van der Waals surface area contributed by atoms with Gasteiger partial charge in [-0.2, -0.15) is 5.26 Å². The SMILES string of the molecule is N#C[C@@H](F)[C@@H](O)c1ccc(Cl)cc1. The van der Waals surface area contributed by atoms with E-state index in [-0.39, 0.29) is 0 Å². The van der Waals surface area contributed by atoms with Gasteiger partial charge < -0.3 is 5.11 Å². The number of hydrogen-bond donors (Lipinski definition) is 1. The Morgan fingerprint density at radius 1 is 1.38 bits per heavy atom. The molecule has 0 radical (unpaired) electrons. The van der Waals surface area contributed by atoms with Crippen molar-refractivity contribution in [2.75, 3.05) is 0 Å². The van der Waals surface area contributed by atoms with Crippen LogP contribution >= 0.6 is 11.6 Å². The van der Waals surface area contributed by atoms with Gasteiger partial charge in [0.05, 0.1) is 0 Å². The van der Waals surface area contributed by atoms with Gasteiger partial charge in [0.15, 0.2) is 0 Å². The minimum absolute atomic E-state index is 0.346. The van der Waals surface area contributed by atoms with Crippen molar-refractivity contribution < 1.29 is 9.50 Å². The molecular formula is C9H7ClFNO. The molecule has 1 aromatic carbocycles. The molecule has 0 fully saturated rings. The first-order chi connectivity index (χ1) is 6.15. The van der Waals surface area contributed by atoms with Crippen LogP contribution in [-0.2, 0) is 0 Å². The van der Waals surface area contributed by atoms with Crippen LogP contribution in [0.5, 0.6) is 0 Å². The Labute approximate surface area is 80.2 Å². The maximum Gasteiger partial charge on any atom is 0.215 e. The number of rotatable bonds is 2. The van der Waals surface area contributed by atoms with Crippen molar-refractivity contribution in [3.63, 3.8) is 0 Å². The van der Waals surface area contributed by atoms with Gasteiger partial charge in [-0.3, -0.25) is 0 Å². The number of nitriles is 1. The average molecular weight is 200 g/mol. The predicted molar refractivity (Wildman–Crippen MR) is 46.9 cm³/mol. The normalized spacial score (nSPS) is 14.6. The number of alkyl halides is 1. The van der Waals surface area contributed by atoms with Gasteiger partial charge in [0.1, 0.15) is 12.2 Å². The largest absolute Gasteiger partial charge is 0.384 e. The van der Waals surface area contributed by atoms with Gasteiger partial charge in [-0.25, -0.2) is 4.39 Å². The predicted octanol–water partition coefficient (Wildman–Crippen LogP) is 2.24. The molecule has 0 aliphatic rings. The van der Waals surface area contributed by atoms with Gasteiger partial charge >= 0.3 is 0 Å². The highest BCUT2D eigenvalue weighted by Gasteiger charge is 2.18. The molecular weight excluding hydrogens is 193 g/mol. The van der Waals surface area contributed by atoms with Crippen LogP contribution in [0.25, 0.3) is 0 Å². The van der Waals surface area contributed by atoms with Gasteiger partial charge in [0, 0.05) is 5.02 Å². The van der Waals surface area contributed by atoms with Crippen LogP contribution in [0.15, 0.2) is 24.3 Å². The van der Waals surface area contributed by atoms with Crippen molar-refractivity contribution in [2.24, 2.45) is 0 Å². The van der Waals surface area contributed by atoms with Crippen LogP contribution in [-0.4, -0.2) is 11.3 Å². The van der Waals surface area contributed by atoms with Crippen LogP contribution in [0.4, 0.5) is 4.39 Å². The molecule has 68 valence electrons. The maximum absolute atomic E-state index is 12.7. The lowest BCUT2D eigenvalue weighted by Gasteiger charge is -2.09. The summed E-state index contributed by atoms with van der Waals surface area (Å²) in [6.45, 7) is 0. The molecule has 1 aromatic rings. The fourth-order valence-corrected chi connectivity index (χ4v) is 1.03. The summed E-state index contributed by atoms with van der Waals surface area (Å²) in [5.74, 6) is 0. The highest BCUT2D eigenvalue weighted by atomic mass is 35.5. The molecule has 1 rings (SSSR count). The van der Waals surface area contributed by atoms with E-state index >= 15 is 0 Å². The van der Waals surface area contributed by atoms with E-state index in [1.165, 1.54) is 30.3 Å². The summed E-state index contributed by atoms with van der Waals surface area (Å²) in [4.78, 5) is 0. The van der Waals surface area contributed by atoms with Gasteiger partial charge in [-0.05, 0) is 17.7 Å². The second-order valence-electron chi connectivity index (χ2n) is 2.53. The molecule has 0 spiro atoms. The third-order valence-electron chi connectivity index (χ3n) is 1.61. The number of aliphatic hydroxyl groups excluding tert-OH is 1. The van der Waals surface area contributed by atoms with Crippen LogP contribution < -0.4 is 0 Å². The summed E-state index contributed by atoms with van der Waals surface area (Å²) in [7, 11) is 0. The summed E-state index contributed by atoms with van der Waals surface area (Å²) >= 11 is 5.59. The zero-order valence-corrected chi connectivity index (χ0v) is 7.37. The van der Waals surface area contributed by atoms with E-state index < -0.39 is 12.3 Å². The second-order valence-corrected chi connectivity index (χ2v) is 2.96. The Morgan fingerprint density at radius 2 is 1.92 bits per heavy atom. The van der Waals surface area contributed by atoms with Crippen molar-refractivity contribution in [2.45, 2.75) is 12.3 Å².